The zero-order valence-corrected chi connectivity index (χ0v) is 15.1. The molecule has 24 heavy (non-hydrogen) atoms. The Labute approximate surface area is 146 Å². The number of ether oxygens (including phenoxy) is 2. The summed E-state index contributed by atoms with van der Waals surface area (Å²) >= 11 is 0. The molecule has 1 rings (SSSR count). The molecule has 5 nitrogen and oxygen atoms in total. The van der Waals surface area contributed by atoms with Crippen molar-refractivity contribution in [1.29, 1.82) is 0 Å². The molecule has 1 fully saturated rings. The van der Waals surface area contributed by atoms with Crippen LogP contribution in [0.2, 0.25) is 0 Å². The monoisotopic (exact) mass is 344 g/mol. The van der Waals surface area contributed by atoms with Gasteiger partial charge in [0.15, 0.2) is 0 Å². The molecule has 0 aromatic heterocycles. The Kier molecular flexibility index (Phi) is 12.2. The molecule has 1 heterocycles. The predicted octanol–water partition coefficient (Wildman–Crippen LogP) is 2.92. The van der Waals surface area contributed by atoms with E-state index in [-0.39, 0.29) is 6.61 Å². The van der Waals surface area contributed by atoms with Gasteiger partial charge in [-0.15, -0.1) is 0 Å². The van der Waals surface area contributed by atoms with Crippen LogP contribution in [-0.2, 0) is 9.47 Å². The van der Waals surface area contributed by atoms with Crippen LogP contribution in [0.4, 0.5) is 0 Å². The van der Waals surface area contributed by atoms with Crippen molar-refractivity contribution >= 4 is 0 Å². The third-order valence-electron chi connectivity index (χ3n) is 4.56. The molecule has 1 aliphatic heterocycles. The first-order chi connectivity index (χ1) is 11.7. The number of hydrogen-bond donors (Lipinski definition) is 3. The third-order valence-corrected chi connectivity index (χ3v) is 4.56. The van der Waals surface area contributed by atoms with Gasteiger partial charge in [-0.2, -0.15) is 0 Å². The fraction of sp³-hybridized carbons (Fsp3) is 0.895. The Morgan fingerprint density at radius 2 is 1.71 bits per heavy atom. The van der Waals surface area contributed by atoms with Gasteiger partial charge in [0.2, 0.25) is 0 Å². The molecule has 0 amide bonds. The first-order valence-corrected chi connectivity index (χ1v) is 9.59. The molecule has 0 aromatic carbocycles. The molecule has 4 atom stereocenters. The summed E-state index contributed by atoms with van der Waals surface area (Å²) in [6.07, 6.45) is 13.2. The van der Waals surface area contributed by atoms with Crippen LogP contribution in [0.1, 0.15) is 71.1 Å². The summed E-state index contributed by atoms with van der Waals surface area (Å²) in [6.45, 7) is 2.04. The zero-order chi connectivity index (χ0) is 17.6. The standard InChI is InChI=1S/C19H36O5/c1-2-3-4-5-6-7-8-9-10-11-12-13-23-17-15-24-19(18(17)22)16(21)14-20/h12-13,16-22H,2-11,14-15H2,1H3/b13-12+/t16-,17+,18-,19-/m1/s1. The average Bonchev–Trinajstić information content (AvgIpc) is 2.96. The molecule has 1 saturated heterocycles. The normalized spacial score (nSPS) is 25.4. The van der Waals surface area contributed by atoms with E-state index in [1.165, 1.54) is 51.4 Å². The van der Waals surface area contributed by atoms with Crippen LogP contribution in [0.15, 0.2) is 12.3 Å². The molecule has 0 saturated carbocycles. The second-order valence-electron chi connectivity index (χ2n) is 6.70. The minimum Gasteiger partial charge on any atom is -0.493 e. The SMILES string of the molecule is CCCCCCCCCCC/C=C/O[C@H]1CO[C@H]([C@H](O)CO)[C@@H]1O. The van der Waals surface area contributed by atoms with E-state index < -0.39 is 31.0 Å². The molecule has 5 heteroatoms. The third kappa shape index (κ3) is 8.47. The van der Waals surface area contributed by atoms with Gasteiger partial charge >= 0.3 is 0 Å². The smallest absolute Gasteiger partial charge is 0.149 e. The van der Waals surface area contributed by atoms with Crippen molar-refractivity contribution < 1.29 is 24.8 Å². The van der Waals surface area contributed by atoms with Crippen LogP contribution in [0.5, 0.6) is 0 Å². The highest BCUT2D eigenvalue weighted by Crippen LogP contribution is 2.20. The fourth-order valence-electron chi connectivity index (χ4n) is 2.97. The van der Waals surface area contributed by atoms with Gasteiger partial charge in [-0.25, -0.2) is 0 Å². The van der Waals surface area contributed by atoms with Crippen LogP contribution in [-0.4, -0.2) is 52.9 Å². The van der Waals surface area contributed by atoms with Crippen molar-refractivity contribution in [2.24, 2.45) is 0 Å². The Bertz CT molecular complexity index is 321. The number of aliphatic hydroxyl groups is 3. The molecule has 0 aliphatic carbocycles. The van der Waals surface area contributed by atoms with Crippen LogP contribution < -0.4 is 0 Å². The van der Waals surface area contributed by atoms with E-state index in [0.29, 0.717) is 0 Å². The summed E-state index contributed by atoms with van der Waals surface area (Å²) < 4.78 is 10.7. The van der Waals surface area contributed by atoms with Gasteiger partial charge in [0.25, 0.3) is 0 Å². The van der Waals surface area contributed by atoms with E-state index in [2.05, 4.69) is 6.92 Å². The van der Waals surface area contributed by atoms with Crippen LogP contribution in [0, 0.1) is 0 Å². The maximum absolute atomic E-state index is 9.97. The average molecular weight is 344 g/mol. The van der Waals surface area contributed by atoms with Gasteiger partial charge in [0, 0.05) is 0 Å². The van der Waals surface area contributed by atoms with Gasteiger partial charge < -0.3 is 24.8 Å². The van der Waals surface area contributed by atoms with Crippen LogP contribution in [0.25, 0.3) is 0 Å². The summed E-state index contributed by atoms with van der Waals surface area (Å²) in [5.74, 6) is 0. The lowest BCUT2D eigenvalue weighted by Gasteiger charge is -2.20. The first-order valence-electron chi connectivity index (χ1n) is 9.59. The minimum absolute atomic E-state index is 0.227. The Hall–Kier alpha value is -0.620. The van der Waals surface area contributed by atoms with E-state index >= 15 is 0 Å². The Morgan fingerprint density at radius 1 is 1.08 bits per heavy atom. The van der Waals surface area contributed by atoms with Crippen molar-refractivity contribution in [2.75, 3.05) is 13.2 Å². The van der Waals surface area contributed by atoms with Gasteiger partial charge in [0.05, 0.1) is 19.5 Å². The van der Waals surface area contributed by atoms with Crippen molar-refractivity contribution in [2.45, 2.75) is 95.5 Å². The van der Waals surface area contributed by atoms with Crippen LogP contribution >= 0.6 is 0 Å². The van der Waals surface area contributed by atoms with Gasteiger partial charge in [-0.3, -0.25) is 0 Å². The molecule has 0 aromatic rings. The van der Waals surface area contributed by atoms with E-state index in [1.807, 2.05) is 6.08 Å². The lowest BCUT2D eigenvalue weighted by atomic mass is 10.1. The van der Waals surface area contributed by atoms with E-state index in [0.717, 1.165) is 12.8 Å². The molecule has 142 valence electrons. The second-order valence-corrected chi connectivity index (χ2v) is 6.70. The second kappa shape index (κ2) is 13.6. The highest BCUT2D eigenvalue weighted by atomic mass is 16.6. The zero-order valence-electron chi connectivity index (χ0n) is 15.1. The molecule has 1 aliphatic rings. The number of hydrogen-bond acceptors (Lipinski definition) is 5. The summed E-state index contributed by atoms with van der Waals surface area (Å²) in [5.41, 5.74) is 0. The fourth-order valence-corrected chi connectivity index (χ4v) is 2.97. The molecular formula is C19H36O5. The maximum atomic E-state index is 9.97. The van der Waals surface area contributed by atoms with E-state index in [9.17, 15) is 10.2 Å². The number of aliphatic hydroxyl groups excluding tert-OH is 3. The van der Waals surface area contributed by atoms with E-state index in [1.54, 1.807) is 6.26 Å². The summed E-state index contributed by atoms with van der Waals surface area (Å²) in [5, 5.41) is 28.4. The Morgan fingerprint density at radius 3 is 2.33 bits per heavy atom. The largest absolute Gasteiger partial charge is 0.493 e. The molecule has 0 bridgehead atoms. The van der Waals surface area contributed by atoms with Crippen molar-refractivity contribution in [3.8, 4) is 0 Å². The highest BCUT2D eigenvalue weighted by Gasteiger charge is 2.40. The minimum atomic E-state index is -1.07. The maximum Gasteiger partial charge on any atom is 0.149 e. The molecule has 3 N–H and O–H groups in total. The number of rotatable bonds is 14. The topological polar surface area (TPSA) is 79.2 Å². The van der Waals surface area contributed by atoms with Crippen molar-refractivity contribution in [1.82, 2.24) is 0 Å². The van der Waals surface area contributed by atoms with Crippen molar-refractivity contribution in [3.05, 3.63) is 12.3 Å². The van der Waals surface area contributed by atoms with Gasteiger partial charge in [0.1, 0.15) is 24.4 Å². The summed E-state index contributed by atoms with van der Waals surface area (Å²) in [6, 6.07) is 0. The molecular weight excluding hydrogens is 308 g/mol. The van der Waals surface area contributed by atoms with Crippen molar-refractivity contribution in [3.63, 3.8) is 0 Å². The number of unbranched alkanes of at least 4 members (excludes halogenated alkanes) is 9. The lowest BCUT2D eigenvalue weighted by Crippen LogP contribution is -2.40. The molecule has 0 radical (unpaired) electrons. The first kappa shape index (κ1) is 21.4. The van der Waals surface area contributed by atoms with E-state index in [4.69, 9.17) is 14.6 Å². The molecule has 0 unspecified atom stereocenters. The number of allylic oxidation sites excluding steroid dienone is 1. The Balaban J connectivity index is 1.97. The van der Waals surface area contributed by atoms with Gasteiger partial charge in [-0.1, -0.05) is 58.3 Å². The summed E-state index contributed by atoms with van der Waals surface area (Å²) in [4.78, 5) is 0. The quantitative estimate of drug-likeness (QED) is 0.333. The lowest BCUT2D eigenvalue weighted by molar-refractivity contribution is -0.0689. The summed E-state index contributed by atoms with van der Waals surface area (Å²) in [7, 11) is 0. The molecule has 0 spiro atoms. The van der Waals surface area contributed by atoms with Gasteiger partial charge in [-0.05, 0) is 18.9 Å². The highest BCUT2D eigenvalue weighted by molar-refractivity contribution is 4.90. The van der Waals surface area contributed by atoms with Crippen LogP contribution in [0.3, 0.4) is 0 Å². The predicted molar refractivity (Wildman–Crippen MR) is 94.7 cm³/mol.